The summed E-state index contributed by atoms with van der Waals surface area (Å²) in [5, 5.41) is 9.80. The normalized spacial score (nSPS) is 38.5. The van der Waals surface area contributed by atoms with Crippen molar-refractivity contribution in [3.8, 4) is 0 Å². The quantitative estimate of drug-likeness (QED) is 0.647. The molecule has 2 saturated heterocycles. The van der Waals surface area contributed by atoms with Crippen LogP contribution in [0.15, 0.2) is 0 Å². The molecule has 0 radical (unpaired) electrons. The van der Waals surface area contributed by atoms with Gasteiger partial charge in [-0.3, -0.25) is 4.57 Å². The third kappa shape index (κ3) is 2.82. The number of rotatable bonds is 3. The highest BCUT2D eigenvalue weighted by Crippen LogP contribution is 2.56. The number of halogens is 2. The largest absolute Gasteiger partial charge is 0.394 e. The maximum Gasteiger partial charge on any atom is 0.394 e. The lowest BCUT2D eigenvalue weighted by Gasteiger charge is -2.25. The minimum Gasteiger partial charge on any atom is -0.387 e. The fourth-order valence-corrected chi connectivity index (χ4v) is 2.51. The zero-order chi connectivity index (χ0) is 14.6. The van der Waals surface area contributed by atoms with Crippen LogP contribution in [0, 0.1) is 0 Å². The molecule has 0 aromatic carbocycles. The first-order chi connectivity index (χ1) is 8.43. The highest BCUT2D eigenvalue weighted by Gasteiger charge is 2.59. The van der Waals surface area contributed by atoms with Gasteiger partial charge < -0.3 is 29.1 Å². The van der Waals surface area contributed by atoms with Crippen LogP contribution in [0.3, 0.4) is 0 Å². The summed E-state index contributed by atoms with van der Waals surface area (Å²) in [6.07, 6.45) is -6.19. The summed E-state index contributed by atoms with van der Waals surface area (Å²) in [5.74, 6) is -1.01. The van der Waals surface area contributed by atoms with Crippen LogP contribution >= 0.6 is 7.60 Å². The van der Waals surface area contributed by atoms with Crippen molar-refractivity contribution in [3.05, 3.63) is 0 Å². The third-order valence-electron chi connectivity index (χ3n) is 2.99. The van der Waals surface area contributed by atoms with E-state index in [1.807, 2.05) is 0 Å². The lowest BCUT2D eigenvalue weighted by molar-refractivity contribution is -0.219. The second-order valence-corrected chi connectivity index (χ2v) is 6.79. The van der Waals surface area contributed by atoms with Crippen LogP contribution in [-0.4, -0.2) is 50.9 Å². The molecule has 0 aromatic heterocycles. The Balaban J connectivity index is 2.05. The molecule has 2 rings (SSSR count). The van der Waals surface area contributed by atoms with Gasteiger partial charge in [0, 0.05) is 0 Å². The van der Waals surface area contributed by atoms with E-state index in [0.29, 0.717) is 0 Å². The highest BCUT2D eigenvalue weighted by molar-refractivity contribution is 7.53. The average molecular weight is 304 g/mol. The minimum atomic E-state index is -5.61. The summed E-state index contributed by atoms with van der Waals surface area (Å²) in [6, 6.07) is 0. The Morgan fingerprint density at radius 2 is 1.89 bits per heavy atom. The lowest BCUT2D eigenvalue weighted by Crippen LogP contribution is -2.37. The first-order valence-corrected chi connectivity index (χ1v) is 7.17. The standard InChI is InChI=1S/C9H15F2O7P/c1-8(2)17-6-5(12)4(16-7(6)18-8)3-9(10,11)19(13,14)15/h4-7,12H,3H2,1-2H3,(H2,13,14,15)/t4-,5-,6+,7+/m1/s1. The Kier molecular flexibility index (Phi) is 3.55. The van der Waals surface area contributed by atoms with Crippen LogP contribution in [0.25, 0.3) is 0 Å². The maximum atomic E-state index is 13.2. The van der Waals surface area contributed by atoms with Crippen LogP contribution in [0.5, 0.6) is 0 Å². The molecule has 0 saturated carbocycles. The molecule has 2 aliphatic rings. The first-order valence-electron chi connectivity index (χ1n) is 5.56. The highest BCUT2D eigenvalue weighted by atomic mass is 31.2. The van der Waals surface area contributed by atoms with Crippen molar-refractivity contribution in [2.24, 2.45) is 0 Å². The van der Waals surface area contributed by atoms with Crippen LogP contribution in [-0.2, 0) is 18.8 Å². The van der Waals surface area contributed by atoms with Crippen LogP contribution < -0.4 is 0 Å². The van der Waals surface area contributed by atoms with Gasteiger partial charge in [0.2, 0.25) is 0 Å². The smallest absolute Gasteiger partial charge is 0.387 e. The van der Waals surface area contributed by atoms with Gasteiger partial charge in [0.05, 0.1) is 12.5 Å². The molecular weight excluding hydrogens is 289 g/mol. The van der Waals surface area contributed by atoms with Crippen LogP contribution in [0.4, 0.5) is 8.78 Å². The van der Waals surface area contributed by atoms with Gasteiger partial charge in [-0.25, -0.2) is 0 Å². The van der Waals surface area contributed by atoms with E-state index in [2.05, 4.69) is 0 Å². The molecule has 0 aliphatic carbocycles. The molecule has 2 aliphatic heterocycles. The Hall–Kier alpha value is -0.150. The molecule has 0 spiro atoms. The number of fused-ring (bicyclic) bond motifs is 1. The summed E-state index contributed by atoms with van der Waals surface area (Å²) in [5.41, 5.74) is -4.27. The topological polar surface area (TPSA) is 105 Å². The van der Waals surface area contributed by atoms with Gasteiger partial charge in [-0.05, 0) is 13.8 Å². The molecular formula is C9H15F2O7P. The van der Waals surface area contributed by atoms with Crippen molar-refractivity contribution < 1.29 is 42.4 Å². The van der Waals surface area contributed by atoms with Gasteiger partial charge in [-0.1, -0.05) is 0 Å². The van der Waals surface area contributed by atoms with Crippen molar-refractivity contribution >= 4 is 7.60 Å². The van der Waals surface area contributed by atoms with Gasteiger partial charge in [0.1, 0.15) is 12.2 Å². The Morgan fingerprint density at radius 1 is 1.32 bits per heavy atom. The molecule has 3 N–H and O–H groups in total. The second-order valence-electron chi connectivity index (χ2n) is 5.05. The summed E-state index contributed by atoms with van der Waals surface area (Å²) >= 11 is 0. The van der Waals surface area contributed by atoms with Crippen molar-refractivity contribution in [1.29, 1.82) is 0 Å². The number of hydrogen-bond donors (Lipinski definition) is 3. The van der Waals surface area contributed by atoms with Crippen LogP contribution in [0.1, 0.15) is 20.3 Å². The monoisotopic (exact) mass is 304 g/mol. The predicted octanol–water partition coefficient (Wildman–Crippen LogP) is 0.384. The molecule has 2 heterocycles. The number of aliphatic hydroxyl groups is 1. The Bertz CT molecular complexity index is 409. The summed E-state index contributed by atoms with van der Waals surface area (Å²) in [6.45, 7) is 3.14. The van der Waals surface area contributed by atoms with E-state index in [1.54, 1.807) is 13.8 Å². The SMILES string of the molecule is CC1(C)O[C@@H]2O[C@H](CC(F)(F)P(=O)(O)O)[C@@H](O)[C@@H]2O1. The minimum absolute atomic E-state index is 0.951. The number of ether oxygens (including phenoxy) is 3. The average Bonchev–Trinajstić information content (AvgIpc) is 2.60. The molecule has 0 bridgehead atoms. The van der Waals surface area contributed by atoms with E-state index in [4.69, 9.17) is 24.0 Å². The van der Waals surface area contributed by atoms with Gasteiger partial charge >= 0.3 is 13.3 Å². The number of alkyl halides is 2. The van der Waals surface area contributed by atoms with Gasteiger partial charge in [-0.2, -0.15) is 8.78 Å². The second kappa shape index (κ2) is 4.42. The molecule has 7 nitrogen and oxygen atoms in total. The zero-order valence-corrected chi connectivity index (χ0v) is 11.1. The van der Waals surface area contributed by atoms with E-state index in [9.17, 15) is 18.5 Å². The molecule has 10 heteroatoms. The Labute approximate surface area is 107 Å². The maximum absolute atomic E-state index is 13.2. The third-order valence-corrected chi connectivity index (χ3v) is 4.02. The lowest BCUT2D eigenvalue weighted by atomic mass is 10.1. The van der Waals surface area contributed by atoms with E-state index in [1.165, 1.54) is 0 Å². The van der Waals surface area contributed by atoms with Crippen LogP contribution in [0.2, 0.25) is 0 Å². The fraction of sp³-hybridized carbons (Fsp3) is 1.00. The van der Waals surface area contributed by atoms with Gasteiger partial charge in [0.15, 0.2) is 12.1 Å². The molecule has 112 valence electrons. The summed E-state index contributed by atoms with van der Waals surface area (Å²) < 4.78 is 52.7. The molecule has 19 heavy (non-hydrogen) atoms. The van der Waals surface area contributed by atoms with E-state index >= 15 is 0 Å². The molecule has 2 fully saturated rings. The van der Waals surface area contributed by atoms with Crippen molar-refractivity contribution in [1.82, 2.24) is 0 Å². The van der Waals surface area contributed by atoms with E-state index in [-0.39, 0.29) is 0 Å². The molecule has 4 atom stereocenters. The van der Waals surface area contributed by atoms with E-state index in [0.717, 1.165) is 0 Å². The fourth-order valence-electron chi connectivity index (χ4n) is 2.09. The molecule has 0 aromatic rings. The number of aliphatic hydroxyl groups excluding tert-OH is 1. The van der Waals surface area contributed by atoms with Crippen molar-refractivity contribution in [3.63, 3.8) is 0 Å². The number of hydrogen-bond acceptors (Lipinski definition) is 5. The van der Waals surface area contributed by atoms with Crippen molar-refractivity contribution in [2.75, 3.05) is 0 Å². The van der Waals surface area contributed by atoms with Gasteiger partial charge in [-0.15, -0.1) is 0 Å². The van der Waals surface area contributed by atoms with E-state index < -0.39 is 50.1 Å². The summed E-state index contributed by atoms with van der Waals surface area (Å²) in [7, 11) is -5.61. The first kappa shape index (κ1) is 15.2. The van der Waals surface area contributed by atoms with Gasteiger partial charge in [0.25, 0.3) is 0 Å². The summed E-state index contributed by atoms with van der Waals surface area (Å²) in [4.78, 5) is 17.1. The molecule has 0 amide bonds. The zero-order valence-electron chi connectivity index (χ0n) is 10.2. The van der Waals surface area contributed by atoms with Crippen molar-refractivity contribution in [2.45, 2.75) is 56.3 Å². The predicted molar refractivity (Wildman–Crippen MR) is 56.3 cm³/mol. The molecule has 0 unspecified atom stereocenters. The Morgan fingerprint density at radius 3 is 2.37 bits per heavy atom.